The second-order valence-corrected chi connectivity index (χ2v) is 6.28. The molecule has 20 heavy (non-hydrogen) atoms. The van der Waals surface area contributed by atoms with Gasteiger partial charge in [0, 0.05) is 29.3 Å². The lowest BCUT2D eigenvalue weighted by atomic mass is 9.91. The van der Waals surface area contributed by atoms with Gasteiger partial charge in [0.1, 0.15) is 0 Å². The molecule has 0 amide bonds. The van der Waals surface area contributed by atoms with Crippen molar-refractivity contribution in [2.24, 2.45) is 11.7 Å². The van der Waals surface area contributed by atoms with Crippen LogP contribution in [0.15, 0.2) is 22.7 Å². The standard InChI is InChI=1S/C14H18BrF3N2/c1-9(19)10-3-2-6-20(8-10)13-5-4-11(15)7-12(13)14(16,17)18/h4-5,7,9-10H,2-3,6,8,19H2,1H3. The second-order valence-electron chi connectivity index (χ2n) is 5.37. The van der Waals surface area contributed by atoms with Crippen molar-refractivity contribution in [3.05, 3.63) is 28.2 Å². The zero-order valence-electron chi connectivity index (χ0n) is 11.3. The Balaban J connectivity index is 2.32. The summed E-state index contributed by atoms with van der Waals surface area (Å²) >= 11 is 3.11. The van der Waals surface area contributed by atoms with Gasteiger partial charge in [-0.05, 0) is 43.9 Å². The summed E-state index contributed by atoms with van der Waals surface area (Å²) in [7, 11) is 0. The van der Waals surface area contributed by atoms with Crippen LogP contribution in [0, 0.1) is 5.92 Å². The van der Waals surface area contributed by atoms with Crippen molar-refractivity contribution in [3.63, 3.8) is 0 Å². The molecule has 1 fully saturated rings. The molecule has 112 valence electrons. The molecule has 2 atom stereocenters. The average molecular weight is 351 g/mol. The van der Waals surface area contributed by atoms with Crippen LogP contribution in [-0.2, 0) is 6.18 Å². The van der Waals surface area contributed by atoms with Gasteiger partial charge in [0.15, 0.2) is 0 Å². The predicted molar refractivity (Wildman–Crippen MR) is 77.7 cm³/mol. The number of hydrogen-bond donors (Lipinski definition) is 1. The number of rotatable bonds is 2. The van der Waals surface area contributed by atoms with Gasteiger partial charge in [-0.25, -0.2) is 0 Å². The highest BCUT2D eigenvalue weighted by Gasteiger charge is 2.36. The highest BCUT2D eigenvalue weighted by atomic mass is 79.9. The summed E-state index contributed by atoms with van der Waals surface area (Å²) in [6.07, 6.45) is -2.49. The van der Waals surface area contributed by atoms with Gasteiger partial charge >= 0.3 is 6.18 Å². The Hall–Kier alpha value is -0.750. The zero-order valence-corrected chi connectivity index (χ0v) is 12.8. The first-order valence-corrected chi connectivity index (χ1v) is 7.45. The maximum atomic E-state index is 13.2. The van der Waals surface area contributed by atoms with Gasteiger partial charge in [-0.15, -0.1) is 0 Å². The Morgan fingerprint density at radius 2 is 2.10 bits per heavy atom. The normalized spacial score (nSPS) is 21.9. The minimum atomic E-state index is -4.35. The number of anilines is 1. The molecule has 2 nitrogen and oxygen atoms in total. The minimum absolute atomic E-state index is 0.00239. The fourth-order valence-electron chi connectivity index (χ4n) is 2.67. The lowest BCUT2D eigenvalue weighted by molar-refractivity contribution is -0.137. The summed E-state index contributed by atoms with van der Waals surface area (Å²) in [5, 5.41) is 0. The van der Waals surface area contributed by atoms with E-state index in [1.54, 1.807) is 6.07 Å². The average Bonchev–Trinajstić information content (AvgIpc) is 2.37. The first kappa shape index (κ1) is 15.6. The van der Waals surface area contributed by atoms with Crippen molar-refractivity contribution in [1.82, 2.24) is 0 Å². The van der Waals surface area contributed by atoms with Crippen molar-refractivity contribution in [2.45, 2.75) is 32.0 Å². The summed E-state index contributed by atoms with van der Waals surface area (Å²) < 4.78 is 39.9. The lowest BCUT2D eigenvalue weighted by Crippen LogP contribution is -2.43. The van der Waals surface area contributed by atoms with E-state index in [1.165, 1.54) is 6.07 Å². The fourth-order valence-corrected chi connectivity index (χ4v) is 3.03. The molecule has 1 aliphatic heterocycles. The van der Waals surface area contributed by atoms with Gasteiger partial charge in [0.2, 0.25) is 0 Å². The van der Waals surface area contributed by atoms with Gasteiger partial charge in [-0.3, -0.25) is 0 Å². The van der Waals surface area contributed by atoms with Crippen LogP contribution in [0.25, 0.3) is 0 Å². The van der Waals surface area contributed by atoms with Crippen LogP contribution in [0.1, 0.15) is 25.3 Å². The second kappa shape index (κ2) is 5.93. The van der Waals surface area contributed by atoms with Gasteiger partial charge in [0.25, 0.3) is 0 Å². The van der Waals surface area contributed by atoms with Crippen molar-refractivity contribution in [3.8, 4) is 0 Å². The summed E-state index contributed by atoms with van der Waals surface area (Å²) in [5.74, 6) is 0.244. The summed E-state index contributed by atoms with van der Waals surface area (Å²) in [5.41, 5.74) is 5.57. The summed E-state index contributed by atoms with van der Waals surface area (Å²) in [4.78, 5) is 1.81. The number of piperidine rings is 1. The number of alkyl halides is 3. The highest BCUT2D eigenvalue weighted by Crippen LogP contribution is 2.39. The van der Waals surface area contributed by atoms with E-state index < -0.39 is 11.7 Å². The molecule has 1 saturated heterocycles. The molecule has 0 saturated carbocycles. The number of halogens is 4. The van der Waals surface area contributed by atoms with E-state index in [4.69, 9.17) is 5.73 Å². The number of benzene rings is 1. The van der Waals surface area contributed by atoms with E-state index in [1.807, 2.05) is 11.8 Å². The topological polar surface area (TPSA) is 29.3 Å². The molecular weight excluding hydrogens is 333 g/mol. The van der Waals surface area contributed by atoms with Crippen LogP contribution in [0.3, 0.4) is 0 Å². The van der Waals surface area contributed by atoms with E-state index in [0.29, 0.717) is 17.6 Å². The molecule has 2 unspecified atom stereocenters. The molecule has 0 bridgehead atoms. The fraction of sp³-hybridized carbons (Fsp3) is 0.571. The first-order valence-electron chi connectivity index (χ1n) is 6.66. The smallest absolute Gasteiger partial charge is 0.371 e. The van der Waals surface area contributed by atoms with Crippen molar-refractivity contribution >= 4 is 21.6 Å². The molecule has 6 heteroatoms. The van der Waals surface area contributed by atoms with E-state index >= 15 is 0 Å². The predicted octanol–water partition coefficient (Wildman–Crippen LogP) is 4.03. The molecule has 2 N–H and O–H groups in total. The molecule has 0 aromatic heterocycles. The Morgan fingerprint density at radius 3 is 2.70 bits per heavy atom. The van der Waals surface area contributed by atoms with Gasteiger partial charge in [0.05, 0.1) is 5.56 Å². The molecule has 1 heterocycles. The largest absolute Gasteiger partial charge is 0.418 e. The highest BCUT2D eigenvalue weighted by molar-refractivity contribution is 9.10. The van der Waals surface area contributed by atoms with Crippen molar-refractivity contribution in [1.29, 1.82) is 0 Å². The van der Waals surface area contributed by atoms with E-state index in [0.717, 1.165) is 18.9 Å². The third-order valence-electron chi connectivity index (χ3n) is 3.81. The molecule has 0 spiro atoms. The quantitative estimate of drug-likeness (QED) is 0.872. The van der Waals surface area contributed by atoms with Gasteiger partial charge in [-0.2, -0.15) is 13.2 Å². The molecule has 1 aromatic carbocycles. The molecule has 1 aliphatic rings. The minimum Gasteiger partial charge on any atom is -0.371 e. The Bertz CT molecular complexity index is 474. The SMILES string of the molecule is CC(N)C1CCCN(c2ccc(Br)cc2C(F)(F)F)C1. The van der Waals surface area contributed by atoms with Gasteiger partial charge in [-0.1, -0.05) is 15.9 Å². The third kappa shape index (κ3) is 3.47. The van der Waals surface area contributed by atoms with Crippen molar-refractivity contribution in [2.75, 3.05) is 18.0 Å². The van der Waals surface area contributed by atoms with E-state index in [-0.39, 0.29) is 17.6 Å². The van der Waals surface area contributed by atoms with Crippen LogP contribution in [0.5, 0.6) is 0 Å². The lowest BCUT2D eigenvalue weighted by Gasteiger charge is -2.37. The molecule has 0 radical (unpaired) electrons. The Kier molecular flexibility index (Phi) is 4.64. The summed E-state index contributed by atoms with van der Waals surface area (Å²) in [6.45, 7) is 3.15. The van der Waals surface area contributed by atoms with Crippen LogP contribution >= 0.6 is 15.9 Å². The van der Waals surface area contributed by atoms with Crippen LogP contribution < -0.4 is 10.6 Å². The Morgan fingerprint density at radius 1 is 1.40 bits per heavy atom. The maximum absolute atomic E-state index is 13.2. The molecule has 0 aliphatic carbocycles. The summed E-state index contributed by atoms with van der Waals surface area (Å²) in [6, 6.07) is 4.34. The Labute approximate surface area is 125 Å². The van der Waals surface area contributed by atoms with E-state index in [9.17, 15) is 13.2 Å². The van der Waals surface area contributed by atoms with Crippen LogP contribution in [-0.4, -0.2) is 19.1 Å². The van der Waals surface area contributed by atoms with Crippen molar-refractivity contribution < 1.29 is 13.2 Å². The van der Waals surface area contributed by atoms with Crippen LogP contribution in [0.2, 0.25) is 0 Å². The molecule has 2 rings (SSSR count). The monoisotopic (exact) mass is 350 g/mol. The first-order chi connectivity index (χ1) is 9.29. The third-order valence-corrected chi connectivity index (χ3v) is 4.30. The van der Waals surface area contributed by atoms with Crippen LogP contribution in [0.4, 0.5) is 18.9 Å². The molecule has 1 aromatic rings. The number of nitrogens with zero attached hydrogens (tertiary/aromatic N) is 1. The number of nitrogens with two attached hydrogens (primary N) is 1. The maximum Gasteiger partial charge on any atom is 0.418 e. The van der Waals surface area contributed by atoms with E-state index in [2.05, 4.69) is 15.9 Å². The number of hydrogen-bond acceptors (Lipinski definition) is 2. The van der Waals surface area contributed by atoms with Gasteiger partial charge < -0.3 is 10.6 Å². The molecular formula is C14H18BrF3N2. The zero-order chi connectivity index (χ0) is 14.9.